The number of nitrogens with zero attached hydrogens (tertiary/aromatic N) is 1. The summed E-state index contributed by atoms with van der Waals surface area (Å²) < 4.78 is 36.6. The van der Waals surface area contributed by atoms with Crippen LogP contribution in [0.25, 0.3) is 0 Å². The Kier molecular flexibility index (Phi) is 11.1. The van der Waals surface area contributed by atoms with Gasteiger partial charge in [0, 0.05) is 24.2 Å². The van der Waals surface area contributed by atoms with Gasteiger partial charge in [0.25, 0.3) is 0 Å². The lowest BCUT2D eigenvalue weighted by molar-refractivity contribution is -0.146. The molecule has 0 saturated carbocycles. The van der Waals surface area contributed by atoms with Crippen molar-refractivity contribution >= 4 is 28.8 Å². The number of hydrogen-bond acceptors (Lipinski definition) is 6. The second-order valence-electron chi connectivity index (χ2n) is 9.07. The number of likely N-dealkylation sites (tertiary alicyclic amines) is 1. The van der Waals surface area contributed by atoms with Gasteiger partial charge in [0.1, 0.15) is 11.6 Å². The van der Waals surface area contributed by atoms with E-state index in [1.807, 2.05) is 6.92 Å². The van der Waals surface area contributed by atoms with Gasteiger partial charge in [-0.2, -0.15) is 0 Å². The van der Waals surface area contributed by atoms with Gasteiger partial charge in [0.15, 0.2) is 11.2 Å². The Morgan fingerprint density at radius 2 is 1.76 bits per heavy atom. The van der Waals surface area contributed by atoms with E-state index in [2.05, 4.69) is 0 Å². The Labute approximate surface area is 220 Å². The second-order valence-corrected chi connectivity index (χ2v) is 10.7. The smallest absolute Gasteiger partial charge is 0.338 e. The fraction of sp³-hybridized carbons (Fsp3) is 0.464. The SMILES string of the molecule is CCOC(=O)c1ccc(C[S+]([O-])C2CC(=O)N2C(C)COCCCCCC(=O)c2ccc(F)cc2)cc1. The molecule has 0 radical (unpaired) electrons. The van der Waals surface area contributed by atoms with E-state index < -0.39 is 17.1 Å². The summed E-state index contributed by atoms with van der Waals surface area (Å²) in [4.78, 5) is 37.8. The predicted octanol–water partition coefficient (Wildman–Crippen LogP) is 4.66. The zero-order valence-corrected chi connectivity index (χ0v) is 22.1. The molecule has 1 aliphatic rings. The number of Topliss-reactive ketones (excluding diaryl/α,β-unsaturated/α-hetero) is 1. The number of esters is 1. The Hall–Kier alpha value is -2.75. The molecule has 0 aliphatic carbocycles. The zero-order valence-electron chi connectivity index (χ0n) is 21.3. The monoisotopic (exact) mass is 531 g/mol. The third-order valence-electron chi connectivity index (χ3n) is 6.22. The number of β-lactam (4-membered cyclic amide) rings is 1. The first-order chi connectivity index (χ1) is 17.8. The van der Waals surface area contributed by atoms with E-state index in [0.29, 0.717) is 43.1 Å². The maximum atomic E-state index is 13.0. The summed E-state index contributed by atoms with van der Waals surface area (Å²) in [6.07, 6.45) is 2.99. The average molecular weight is 532 g/mol. The number of amides is 1. The summed E-state index contributed by atoms with van der Waals surface area (Å²) in [7, 11) is 0. The van der Waals surface area contributed by atoms with Crippen molar-refractivity contribution < 1.29 is 32.8 Å². The van der Waals surface area contributed by atoms with Crippen LogP contribution in [0, 0.1) is 5.82 Å². The lowest BCUT2D eigenvalue weighted by atomic mass is 10.0. The van der Waals surface area contributed by atoms with Gasteiger partial charge in [-0.1, -0.05) is 18.6 Å². The predicted molar refractivity (Wildman–Crippen MR) is 139 cm³/mol. The minimum Gasteiger partial charge on any atom is -0.614 e. The van der Waals surface area contributed by atoms with Crippen LogP contribution in [0.5, 0.6) is 0 Å². The molecule has 9 heteroatoms. The van der Waals surface area contributed by atoms with Crippen molar-refractivity contribution in [2.45, 2.75) is 63.1 Å². The van der Waals surface area contributed by atoms with E-state index in [-0.39, 0.29) is 35.3 Å². The van der Waals surface area contributed by atoms with Gasteiger partial charge in [-0.15, -0.1) is 0 Å². The molecule has 37 heavy (non-hydrogen) atoms. The summed E-state index contributed by atoms with van der Waals surface area (Å²) in [5.74, 6) is -0.492. The standard InChI is InChI=1S/C28H34FNO6S/c1-3-36-28(33)23-10-8-21(9-11-23)19-37(34)27-17-26(32)30(27)20(2)18-35-16-6-4-5-7-25(31)22-12-14-24(29)15-13-22/h8-15,20,27H,3-7,16-19H2,1-2H3. The molecule has 3 rings (SSSR count). The number of carbonyl (C=O) groups is 3. The third kappa shape index (κ3) is 8.38. The van der Waals surface area contributed by atoms with Crippen LogP contribution in [0.1, 0.15) is 72.2 Å². The quantitative estimate of drug-likeness (QED) is 0.109. The zero-order chi connectivity index (χ0) is 26.8. The normalized spacial score (nSPS) is 16.7. The number of benzene rings is 2. The van der Waals surface area contributed by atoms with Crippen molar-refractivity contribution in [1.82, 2.24) is 4.90 Å². The number of rotatable bonds is 15. The summed E-state index contributed by atoms with van der Waals surface area (Å²) >= 11 is -1.27. The largest absolute Gasteiger partial charge is 0.614 e. The number of hydrogen-bond donors (Lipinski definition) is 0. The Balaban J connectivity index is 1.34. The Morgan fingerprint density at radius 1 is 1.08 bits per heavy atom. The van der Waals surface area contributed by atoms with Crippen LogP contribution in [-0.2, 0) is 31.2 Å². The Bertz CT molecular complexity index is 1050. The first kappa shape index (κ1) is 28.8. The molecule has 0 spiro atoms. The highest BCUT2D eigenvalue weighted by molar-refractivity contribution is 7.91. The molecule has 200 valence electrons. The molecular weight excluding hydrogens is 497 g/mol. The summed E-state index contributed by atoms with van der Waals surface area (Å²) in [5.41, 5.74) is 1.79. The average Bonchev–Trinajstić information content (AvgIpc) is 2.87. The van der Waals surface area contributed by atoms with Crippen LogP contribution < -0.4 is 0 Å². The number of ketones is 1. The van der Waals surface area contributed by atoms with E-state index in [1.54, 1.807) is 36.1 Å². The van der Waals surface area contributed by atoms with Crippen molar-refractivity contribution in [3.63, 3.8) is 0 Å². The highest BCUT2D eigenvalue weighted by atomic mass is 32.2. The molecule has 0 bridgehead atoms. The number of carbonyl (C=O) groups excluding carboxylic acids is 3. The molecule has 3 atom stereocenters. The van der Waals surface area contributed by atoms with E-state index >= 15 is 0 Å². The maximum absolute atomic E-state index is 13.0. The topological polar surface area (TPSA) is 96.0 Å². The fourth-order valence-electron chi connectivity index (χ4n) is 4.14. The van der Waals surface area contributed by atoms with Crippen molar-refractivity contribution in [1.29, 1.82) is 0 Å². The van der Waals surface area contributed by atoms with Crippen LogP contribution in [-0.4, -0.2) is 58.3 Å². The summed E-state index contributed by atoms with van der Waals surface area (Å²) in [5, 5.41) is -0.353. The van der Waals surface area contributed by atoms with Crippen molar-refractivity contribution in [3.8, 4) is 0 Å². The van der Waals surface area contributed by atoms with Gasteiger partial charge >= 0.3 is 5.97 Å². The van der Waals surface area contributed by atoms with Gasteiger partial charge in [0.2, 0.25) is 5.91 Å². The number of halogens is 1. The van der Waals surface area contributed by atoms with Crippen LogP contribution in [0.15, 0.2) is 48.5 Å². The molecule has 7 nitrogen and oxygen atoms in total. The summed E-state index contributed by atoms with van der Waals surface area (Å²) in [6.45, 7) is 4.80. The first-order valence-electron chi connectivity index (χ1n) is 12.6. The van der Waals surface area contributed by atoms with Crippen LogP contribution in [0.2, 0.25) is 0 Å². The van der Waals surface area contributed by atoms with Crippen molar-refractivity contribution in [3.05, 3.63) is 71.0 Å². The molecule has 1 saturated heterocycles. The van der Waals surface area contributed by atoms with Crippen molar-refractivity contribution in [2.75, 3.05) is 19.8 Å². The van der Waals surface area contributed by atoms with Crippen LogP contribution >= 0.6 is 0 Å². The van der Waals surface area contributed by atoms with E-state index in [4.69, 9.17) is 9.47 Å². The lowest BCUT2D eigenvalue weighted by Crippen LogP contribution is -2.61. The highest BCUT2D eigenvalue weighted by Crippen LogP contribution is 2.29. The minimum absolute atomic E-state index is 0.000166. The first-order valence-corrected chi connectivity index (χ1v) is 14.0. The molecule has 1 fully saturated rings. The molecule has 1 heterocycles. The third-order valence-corrected chi connectivity index (χ3v) is 7.84. The van der Waals surface area contributed by atoms with Gasteiger partial charge in [-0.3, -0.25) is 14.5 Å². The van der Waals surface area contributed by atoms with Crippen LogP contribution in [0.3, 0.4) is 0 Å². The molecule has 0 N–H and O–H groups in total. The number of ether oxygens (including phenoxy) is 2. The van der Waals surface area contributed by atoms with Gasteiger partial charge in [-0.25, -0.2) is 9.18 Å². The van der Waals surface area contributed by atoms with Crippen molar-refractivity contribution in [2.24, 2.45) is 0 Å². The van der Waals surface area contributed by atoms with E-state index in [1.165, 1.54) is 24.3 Å². The number of unbranched alkanes of at least 4 members (excludes halogenated alkanes) is 2. The van der Waals surface area contributed by atoms with Gasteiger partial charge < -0.3 is 14.0 Å². The van der Waals surface area contributed by atoms with Crippen LogP contribution in [0.4, 0.5) is 4.39 Å². The van der Waals surface area contributed by atoms with E-state index in [9.17, 15) is 23.3 Å². The molecule has 1 amide bonds. The van der Waals surface area contributed by atoms with E-state index in [0.717, 1.165) is 24.8 Å². The highest BCUT2D eigenvalue weighted by Gasteiger charge is 2.46. The molecule has 0 aromatic heterocycles. The summed E-state index contributed by atoms with van der Waals surface area (Å²) in [6, 6.07) is 12.2. The second kappa shape index (κ2) is 14.3. The molecule has 1 aliphatic heterocycles. The fourth-order valence-corrected chi connectivity index (χ4v) is 5.76. The van der Waals surface area contributed by atoms with Gasteiger partial charge in [0.05, 0.1) is 31.2 Å². The molecule has 2 aromatic rings. The van der Waals surface area contributed by atoms with Gasteiger partial charge in [-0.05, 0) is 74.3 Å². The molecule has 3 unspecified atom stereocenters. The lowest BCUT2D eigenvalue weighted by Gasteiger charge is -2.43. The Morgan fingerprint density at radius 3 is 2.41 bits per heavy atom. The molecular formula is C28H34FNO6S. The maximum Gasteiger partial charge on any atom is 0.338 e. The molecule has 2 aromatic carbocycles. The minimum atomic E-state index is -1.27.